The van der Waals surface area contributed by atoms with Crippen molar-refractivity contribution in [2.45, 2.75) is 32.8 Å². The summed E-state index contributed by atoms with van der Waals surface area (Å²) in [5, 5.41) is 3.47. The summed E-state index contributed by atoms with van der Waals surface area (Å²) in [6.07, 6.45) is 1.75. The first-order valence-electron chi connectivity index (χ1n) is 8.47. The van der Waals surface area contributed by atoms with Crippen molar-refractivity contribution in [3.05, 3.63) is 28.2 Å². The van der Waals surface area contributed by atoms with E-state index in [0.717, 1.165) is 66.6 Å². The van der Waals surface area contributed by atoms with Gasteiger partial charge in [0.15, 0.2) is 6.10 Å². The Labute approximate surface area is 158 Å². The molecule has 0 saturated carbocycles. The number of aryl methyl sites for hydroxylation is 1. The van der Waals surface area contributed by atoms with E-state index in [-0.39, 0.29) is 18.3 Å². The summed E-state index contributed by atoms with van der Waals surface area (Å²) < 4.78 is 6.80. The molecule has 4 nitrogen and oxygen atoms in total. The molecule has 1 amide bonds. The fraction of sp³-hybridized carbons (Fsp3) is 0.611. The second-order valence-corrected chi connectivity index (χ2v) is 7.63. The molecule has 1 aromatic rings. The SMILES string of the molecule is Cc1ccc(OC(C)C(=O)N2CC[C@@H]3CNC[C@@H]3CC2)c(Br)c1.Cl. The smallest absolute Gasteiger partial charge is 0.263 e. The van der Waals surface area contributed by atoms with Crippen LogP contribution >= 0.6 is 28.3 Å². The molecule has 3 rings (SSSR count). The van der Waals surface area contributed by atoms with Gasteiger partial charge in [0.25, 0.3) is 5.91 Å². The van der Waals surface area contributed by atoms with Crippen molar-refractivity contribution in [1.82, 2.24) is 10.2 Å². The third-order valence-corrected chi connectivity index (χ3v) is 5.69. The number of halogens is 2. The molecule has 2 saturated heterocycles. The number of likely N-dealkylation sites (tertiary alicyclic amines) is 1. The van der Waals surface area contributed by atoms with Gasteiger partial charge < -0.3 is 15.0 Å². The van der Waals surface area contributed by atoms with E-state index in [4.69, 9.17) is 4.74 Å². The van der Waals surface area contributed by atoms with E-state index in [1.807, 2.05) is 36.9 Å². The van der Waals surface area contributed by atoms with Crippen LogP contribution in [0.2, 0.25) is 0 Å². The van der Waals surface area contributed by atoms with E-state index < -0.39 is 6.10 Å². The average Bonchev–Trinajstić information content (AvgIpc) is 2.88. The van der Waals surface area contributed by atoms with E-state index in [1.54, 1.807) is 0 Å². The van der Waals surface area contributed by atoms with Crippen molar-refractivity contribution in [1.29, 1.82) is 0 Å². The van der Waals surface area contributed by atoms with Crippen LogP contribution in [0.3, 0.4) is 0 Å². The van der Waals surface area contributed by atoms with Crippen LogP contribution in [0.25, 0.3) is 0 Å². The molecule has 134 valence electrons. The Balaban J connectivity index is 0.00000208. The van der Waals surface area contributed by atoms with Gasteiger partial charge in [-0.2, -0.15) is 0 Å². The van der Waals surface area contributed by atoms with Crippen LogP contribution in [0.1, 0.15) is 25.3 Å². The first-order chi connectivity index (χ1) is 11.0. The zero-order valence-electron chi connectivity index (χ0n) is 14.3. The van der Waals surface area contributed by atoms with Crippen LogP contribution in [0.5, 0.6) is 5.75 Å². The monoisotopic (exact) mass is 416 g/mol. The molecule has 0 radical (unpaired) electrons. The quantitative estimate of drug-likeness (QED) is 0.819. The molecule has 0 bridgehead atoms. The number of nitrogens with zero attached hydrogens (tertiary/aromatic N) is 1. The number of nitrogens with one attached hydrogen (secondary N) is 1. The lowest BCUT2D eigenvalue weighted by Gasteiger charge is -2.25. The van der Waals surface area contributed by atoms with Crippen molar-refractivity contribution in [2.24, 2.45) is 11.8 Å². The average molecular weight is 418 g/mol. The van der Waals surface area contributed by atoms with Crippen LogP contribution in [-0.4, -0.2) is 43.1 Å². The van der Waals surface area contributed by atoms with Crippen LogP contribution in [0.4, 0.5) is 0 Å². The Hall–Kier alpha value is -0.780. The highest BCUT2D eigenvalue weighted by Gasteiger charge is 2.32. The lowest BCUT2D eigenvalue weighted by molar-refractivity contribution is -0.138. The third kappa shape index (κ3) is 4.44. The maximum absolute atomic E-state index is 12.7. The minimum absolute atomic E-state index is 0. The van der Waals surface area contributed by atoms with Gasteiger partial charge in [0, 0.05) is 13.1 Å². The maximum atomic E-state index is 12.7. The maximum Gasteiger partial charge on any atom is 0.263 e. The zero-order valence-corrected chi connectivity index (χ0v) is 16.7. The number of rotatable bonds is 3. The molecule has 6 heteroatoms. The Morgan fingerprint density at radius 2 is 1.92 bits per heavy atom. The first kappa shape index (κ1) is 19.5. The molecule has 2 aliphatic rings. The van der Waals surface area contributed by atoms with Gasteiger partial charge >= 0.3 is 0 Å². The fourth-order valence-corrected chi connectivity index (χ4v) is 4.22. The van der Waals surface area contributed by atoms with E-state index >= 15 is 0 Å². The molecule has 2 fully saturated rings. The van der Waals surface area contributed by atoms with Crippen molar-refractivity contribution in [3.8, 4) is 5.75 Å². The number of carbonyl (C=O) groups excluding carboxylic acids is 1. The van der Waals surface area contributed by atoms with E-state index in [0.29, 0.717) is 0 Å². The molecule has 2 aliphatic heterocycles. The highest BCUT2D eigenvalue weighted by molar-refractivity contribution is 9.10. The molecule has 0 aliphatic carbocycles. The van der Waals surface area contributed by atoms with Gasteiger partial charge in [-0.3, -0.25) is 4.79 Å². The molecule has 0 aromatic heterocycles. The summed E-state index contributed by atoms with van der Waals surface area (Å²) in [5.41, 5.74) is 1.16. The van der Waals surface area contributed by atoms with Gasteiger partial charge in [-0.15, -0.1) is 12.4 Å². The Bertz CT molecular complexity index is 570. The number of hydrogen-bond acceptors (Lipinski definition) is 3. The fourth-order valence-electron chi connectivity index (χ4n) is 3.64. The number of fused-ring (bicyclic) bond motifs is 1. The van der Waals surface area contributed by atoms with Gasteiger partial charge in [0.05, 0.1) is 4.47 Å². The summed E-state index contributed by atoms with van der Waals surface area (Å²) in [6, 6.07) is 5.92. The first-order valence-corrected chi connectivity index (χ1v) is 9.26. The van der Waals surface area contributed by atoms with E-state index in [9.17, 15) is 4.79 Å². The Morgan fingerprint density at radius 1 is 1.29 bits per heavy atom. The normalized spacial score (nSPS) is 24.5. The zero-order chi connectivity index (χ0) is 16.4. The van der Waals surface area contributed by atoms with Crippen LogP contribution in [-0.2, 0) is 4.79 Å². The van der Waals surface area contributed by atoms with E-state index in [1.165, 1.54) is 0 Å². The van der Waals surface area contributed by atoms with Gasteiger partial charge in [-0.1, -0.05) is 6.07 Å². The summed E-state index contributed by atoms with van der Waals surface area (Å²) in [4.78, 5) is 14.7. The van der Waals surface area contributed by atoms with Crippen molar-refractivity contribution < 1.29 is 9.53 Å². The largest absolute Gasteiger partial charge is 0.480 e. The predicted molar refractivity (Wildman–Crippen MR) is 102 cm³/mol. The second kappa shape index (κ2) is 8.54. The van der Waals surface area contributed by atoms with E-state index in [2.05, 4.69) is 21.2 Å². The highest BCUT2D eigenvalue weighted by atomic mass is 79.9. The van der Waals surface area contributed by atoms with Gasteiger partial charge in [0.2, 0.25) is 0 Å². The summed E-state index contributed by atoms with van der Waals surface area (Å²) in [5.74, 6) is 2.29. The van der Waals surface area contributed by atoms with Crippen LogP contribution < -0.4 is 10.1 Å². The van der Waals surface area contributed by atoms with Crippen molar-refractivity contribution >= 4 is 34.2 Å². The summed E-state index contributed by atoms with van der Waals surface area (Å²) in [7, 11) is 0. The van der Waals surface area contributed by atoms with Crippen molar-refractivity contribution in [3.63, 3.8) is 0 Å². The molecular weight excluding hydrogens is 392 g/mol. The molecule has 24 heavy (non-hydrogen) atoms. The molecule has 2 heterocycles. The molecule has 1 aromatic carbocycles. The second-order valence-electron chi connectivity index (χ2n) is 6.77. The van der Waals surface area contributed by atoms with Crippen LogP contribution in [0, 0.1) is 18.8 Å². The Kier molecular flexibility index (Phi) is 6.96. The predicted octanol–water partition coefficient (Wildman–Crippen LogP) is 3.40. The number of hydrogen-bond donors (Lipinski definition) is 1. The summed E-state index contributed by atoms with van der Waals surface area (Å²) >= 11 is 3.51. The number of amides is 1. The van der Waals surface area contributed by atoms with Gasteiger partial charge in [0.1, 0.15) is 5.75 Å². The molecular formula is C18H26BrClN2O2. The van der Waals surface area contributed by atoms with Crippen molar-refractivity contribution in [2.75, 3.05) is 26.2 Å². The number of ether oxygens (including phenoxy) is 1. The summed E-state index contributed by atoms with van der Waals surface area (Å²) in [6.45, 7) is 7.80. The Morgan fingerprint density at radius 3 is 2.50 bits per heavy atom. The van der Waals surface area contributed by atoms with Crippen LogP contribution in [0.15, 0.2) is 22.7 Å². The third-order valence-electron chi connectivity index (χ3n) is 5.07. The lowest BCUT2D eigenvalue weighted by atomic mass is 9.92. The number of carbonyl (C=O) groups is 1. The molecule has 0 spiro atoms. The van der Waals surface area contributed by atoms with Gasteiger partial charge in [-0.25, -0.2) is 0 Å². The standard InChI is InChI=1S/C18H25BrN2O2.ClH/c1-12-3-4-17(16(19)9-12)23-13(2)18(22)21-7-5-14-10-20-11-15(14)6-8-21;/h3-4,9,13-15,20H,5-8,10-11H2,1-2H3;1H/t13?,14-,15+;. The number of benzene rings is 1. The molecule has 3 atom stereocenters. The van der Waals surface area contributed by atoms with Gasteiger partial charge in [-0.05, 0) is 85.2 Å². The minimum Gasteiger partial charge on any atom is -0.480 e. The highest BCUT2D eigenvalue weighted by Crippen LogP contribution is 2.29. The molecule has 1 unspecified atom stereocenters. The molecule has 1 N–H and O–H groups in total. The lowest BCUT2D eigenvalue weighted by Crippen LogP contribution is -2.41. The topological polar surface area (TPSA) is 41.6 Å². The minimum atomic E-state index is -0.454.